The van der Waals surface area contributed by atoms with Crippen LogP contribution in [0.4, 0.5) is 0 Å². The Balaban J connectivity index is 0.000000405. The Kier molecular flexibility index (Phi) is 10.0. The zero-order chi connectivity index (χ0) is 12.3. The van der Waals surface area contributed by atoms with Crippen molar-refractivity contribution < 1.29 is 26.6 Å². The predicted molar refractivity (Wildman–Crippen MR) is 69.0 cm³/mol. The summed E-state index contributed by atoms with van der Waals surface area (Å²) in [5.74, 6) is -0.124. The van der Waals surface area contributed by atoms with E-state index in [4.69, 9.17) is 4.74 Å². The van der Waals surface area contributed by atoms with Crippen molar-refractivity contribution in [1.29, 1.82) is 0 Å². The van der Waals surface area contributed by atoms with Gasteiger partial charge in [0.1, 0.15) is 0 Å². The van der Waals surface area contributed by atoms with Gasteiger partial charge in [-0.1, -0.05) is 6.92 Å². The number of hydrogen-bond donors (Lipinski definition) is 0. The number of hydrogen-bond acceptors (Lipinski definition) is 2. The molecule has 2 rings (SSSR count). The maximum atomic E-state index is 10.7. The minimum absolute atomic E-state index is 0. The first kappa shape index (κ1) is 16.7. The topological polar surface area (TPSA) is 26.3 Å². The Morgan fingerprint density at radius 3 is 2.39 bits per heavy atom. The van der Waals surface area contributed by atoms with Crippen LogP contribution in [0.15, 0.2) is 54.6 Å². The molecule has 0 heterocycles. The van der Waals surface area contributed by atoms with E-state index in [1.807, 2.05) is 54.6 Å². The van der Waals surface area contributed by atoms with Crippen molar-refractivity contribution in [3.8, 4) is 0 Å². The molecule has 3 heteroatoms. The summed E-state index contributed by atoms with van der Waals surface area (Å²) >= 11 is 0. The fourth-order valence-corrected chi connectivity index (χ4v) is 1.29. The van der Waals surface area contributed by atoms with E-state index in [0.29, 0.717) is 13.0 Å². The number of ether oxygens (including phenoxy) is 1. The molecule has 0 spiro atoms. The van der Waals surface area contributed by atoms with E-state index in [9.17, 15) is 4.79 Å². The summed E-state index contributed by atoms with van der Waals surface area (Å²) < 4.78 is 4.93. The Morgan fingerprint density at radius 1 is 1.22 bits per heavy atom. The molecule has 0 unspecified atom stereocenters. The fraction of sp³-hybridized carbons (Fsp3) is 0.267. The number of rotatable bonds is 4. The molecule has 0 bridgehead atoms. The minimum atomic E-state index is -0.124. The van der Waals surface area contributed by atoms with Crippen LogP contribution in [-0.4, -0.2) is 12.6 Å². The van der Waals surface area contributed by atoms with E-state index in [2.05, 4.69) is 0 Å². The van der Waals surface area contributed by atoms with Crippen LogP contribution in [0.25, 0.3) is 0 Å². The molecule has 98 valence electrons. The first-order chi connectivity index (χ1) is 8.33. The SMILES string of the molecule is CCC(=O)OCCc1cc[cH-]c1.[Fe+2].c1cc[cH-]c1. The second kappa shape index (κ2) is 10.8. The maximum Gasteiger partial charge on any atom is 2.00 e. The van der Waals surface area contributed by atoms with Crippen molar-refractivity contribution in [2.75, 3.05) is 6.61 Å². The van der Waals surface area contributed by atoms with Crippen molar-refractivity contribution in [2.45, 2.75) is 19.8 Å². The van der Waals surface area contributed by atoms with Crippen LogP contribution >= 0.6 is 0 Å². The largest absolute Gasteiger partial charge is 2.00 e. The Bertz CT molecular complexity index is 359. The summed E-state index contributed by atoms with van der Waals surface area (Å²) in [6, 6.07) is 18.0. The third-order valence-electron chi connectivity index (χ3n) is 2.23. The summed E-state index contributed by atoms with van der Waals surface area (Å²) in [6.07, 6.45) is 1.28. The Hall–Kier alpha value is -1.31. The predicted octanol–water partition coefficient (Wildman–Crippen LogP) is 3.30. The Morgan fingerprint density at radius 2 is 1.94 bits per heavy atom. The molecule has 0 aliphatic rings. The summed E-state index contributed by atoms with van der Waals surface area (Å²) in [5.41, 5.74) is 1.22. The van der Waals surface area contributed by atoms with E-state index in [0.717, 1.165) is 6.42 Å². The van der Waals surface area contributed by atoms with Crippen LogP contribution in [-0.2, 0) is 33.0 Å². The van der Waals surface area contributed by atoms with Crippen LogP contribution in [0, 0.1) is 0 Å². The smallest absolute Gasteiger partial charge is 0.466 e. The second-order valence-corrected chi connectivity index (χ2v) is 3.58. The van der Waals surface area contributed by atoms with Crippen molar-refractivity contribution in [2.24, 2.45) is 0 Å². The molecule has 0 atom stereocenters. The molecule has 0 N–H and O–H groups in total. The first-order valence-electron chi connectivity index (χ1n) is 5.86. The quantitative estimate of drug-likeness (QED) is 0.489. The van der Waals surface area contributed by atoms with Gasteiger partial charge in [-0.2, -0.15) is 42.0 Å². The van der Waals surface area contributed by atoms with Crippen molar-refractivity contribution in [3.63, 3.8) is 0 Å². The number of carbonyl (C=O) groups is 1. The molecule has 0 saturated heterocycles. The van der Waals surface area contributed by atoms with Gasteiger partial charge in [-0.15, -0.1) is 0 Å². The summed E-state index contributed by atoms with van der Waals surface area (Å²) in [5, 5.41) is 0. The Labute approximate surface area is 119 Å². The molecule has 18 heavy (non-hydrogen) atoms. The molecule has 2 nitrogen and oxygen atoms in total. The van der Waals surface area contributed by atoms with Gasteiger partial charge in [0.2, 0.25) is 0 Å². The van der Waals surface area contributed by atoms with Crippen LogP contribution < -0.4 is 0 Å². The summed E-state index contributed by atoms with van der Waals surface area (Å²) in [6.45, 7) is 2.29. The van der Waals surface area contributed by atoms with Gasteiger partial charge in [-0.25, -0.2) is 18.2 Å². The van der Waals surface area contributed by atoms with Gasteiger partial charge in [0.15, 0.2) is 0 Å². The van der Waals surface area contributed by atoms with Crippen LogP contribution in [0.2, 0.25) is 0 Å². The molecule has 0 saturated carbocycles. The number of carbonyl (C=O) groups excluding carboxylic acids is 1. The van der Waals surface area contributed by atoms with Crippen LogP contribution in [0.1, 0.15) is 18.9 Å². The molecule has 2 aromatic carbocycles. The van der Waals surface area contributed by atoms with Crippen LogP contribution in [0.5, 0.6) is 0 Å². The molecule has 0 amide bonds. The van der Waals surface area contributed by atoms with E-state index < -0.39 is 0 Å². The van der Waals surface area contributed by atoms with E-state index >= 15 is 0 Å². The summed E-state index contributed by atoms with van der Waals surface area (Å²) in [7, 11) is 0. The van der Waals surface area contributed by atoms with E-state index in [1.54, 1.807) is 6.92 Å². The fourth-order valence-electron chi connectivity index (χ4n) is 1.29. The molecule has 0 aliphatic carbocycles. The average Bonchev–Trinajstić information content (AvgIpc) is 3.04. The molecule has 0 fully saturated rings. The molecule has 0 aliphatic heterocycles. The standard InChI is InChI=1S/C10H13O2.C5H5.Fe/c1-2-10(11)12-8-7-9-5-3-4-6-9;1-2-4-5-3-1;/h3-6H,2,7-8H2,1H3;1-5H;/q2*-1;+2. The zero-order valence-corrected chi connectivity index (χ0v) is 11.6. The maximum absolute atomic E-state index is 10.7. The van der Waals surface area contributed by atoms with Gasteiger partial charge in [0.25, 0.3) is 0 Å². The van der Waals surface area contributed by atoms with Gasteiger partial charge in [-0.05, 0) is 6.42 Å². The van der Waals surface area contributed by atoms with E-state index in [1.165, 1.54) is 5.56 Å². The zero-order valence-electron chi connectivity index (χ0n) is 10.5. The normalized spacial score (nSPS) is 8.72. The van der Waals surface area contributed by atoms with Gasteiger partial charge in [-0.3, -0.25) is 4.79 Å². The van der Waals surface area contributed by atoms with Gasteiger partial charge < -0.3 is 4.74 Å². The van der Waals surface area contributed by atoms with Crippen molar-refractivity contribution in [1.82, 2.24) is 0 Å². The van der Waals surface area contributed by atoms with Crippen molar-refractivity contribution in [3.05, 3.63) is 60.2 Å². The van der Waals surface area contributed by atoms with E-state index in [-0.39, 0.29) is 23.0 Å². The molecule has 2 aromatic rings. The average molecular weight is 286 g/mol. The van der Waals surface area contributed by atoms with Gasteiger partial charge >= 0.3 is 23.0 Å². The van der Waals surface area contributed by atoms with Gasteiger partial charge in [0.05, 0.1) is 6.61 Å². The molecular formula is C15H18FeO2. The molecule has 0 aromatic heterocycles. The second-order valence-electron chi connectivity index (χ2n) is 3.58. The third-order valence-corrected chi connectivity index (χ3v) is 2.23. The van der Waals surface area contributed by atoms with Crippen molar-refractivity contribution >= 4 is 5.97 Å². The molecular weight excluding hydrogens is 268 g/mol. The van der Waals surface area contributed by atoms with Gasteiger partial charge in [0, 0.05) is 6.42 Å². The summed E-state index contributed by atoms with van der Waals surface area (Å²) in [4.78, 5) is 10.7. The minimum Gasteiger partial charge on any atom is -0.466 e. The third kappa shape index (κ3) is 7.88. The monoisotopic (exact) mass is 286 g/mol. The molecule has 0 radical (unpaired) electrons. The first-order valence-corrected chi connectivity index (χ1v) is 5.86. The van der Waals surface area contributed by atoms with Crippen LogP contribution in [0.3, 0.4) is 0 Å². The number of esters is 1.